The van der Waals surface area contributed by atoms with Gasteiger partial charge in [0, 0.05) is 19.4 Å². The summed E-state index contributed by atoms with van der Waals surface area (Å²) in [6.45, 7) is 7.71. The number of rotatable bonds is 6. The Balaban J connectivity index is 1.97. The highest BCUT2D eigenvalue weighted by Crippen LogP contribution is 2.40. The van der Waals surface area contributed by atoms with Gasteiger partial charge in [-0.25, -0.2) is 8.42 Å². The third-order valence-electron chi connectivity index (χ3n) is 5.61. The quantitative estimate of drug-likeness (QED) is 0.812. The highest BCUT2D eigenvalue weighted by atomic mass is 32.2. The number of ether oxygens (including phenoxy) is 1. The largest absolute Gasteiger partial charge is 0.358 e. The first kappa shape index (κ1) is 19.8. The van der Waals surface area contributed by atoms with Gasteiger partial charge >= 0.3 is 0 Å². The number of nitrogens with one attached hydrogen (secondary N) is 1. The Kier molecular flexibility index (Phi) is 6.04. The second-order valence-corrected chi connectivity index (χ2v) is 9.13. The van der Waals surface area contributed by atoms with Crippen LogP contribution in [-0.4, -0.2) is 69.2 Å². The van der Waals surface area contributed by atoms with Crippen LogP contribution in [0.3, 0.4) is 0 Å². The molecule has 7 heteroatoms. The molecule has 0 bridgehead atoms. The van der Waals surface area contributed by atoms with Crippen LogP contribution in [0.5, 0.6) is 0 Å². The van der Waals surface area contributed by atoms with Crippen LogP contribution < -0.4 is 5.32 Å². The molecule has 2 aliphatic rings. The predicted octanol–water partition coefficient (Wildman–Crippen LogP) is 1.67. The van der Waals surface area contributed by atoms with Gasteiger partial charge in [-0.3, -0.25) is 0 Å². The van der Waals surface area contributed by atoms with Crippen LogP contribution in [0, 0.1) is 0 Å². The maximum absolute atomic E-state index is 13.6. The minimum atomic E-state index is -3.62. The summed E-state index contributed by atoms with van der Waals surface area (Å²) < 4.78 is 35.1. The Bertz CT molecular complexity index is 699. The summed E-state index contributed by atoms with van der Waals surface area (Å²) in [6.07, 6.45) is 2.27. The summed E-state index contributed by atoms with van der Waals surface area (Å²) in [5.74, 6) is 0. The van der Waals surface area contributed by atoms with Crippen LogP contribution in [0.4, 0.5) is 0 Å². The van der Waals surface area contributed by atoms with E-state index >= 15 is 0 Å². The topological polar surface area (TPSA) is 61.9 Å². The third kappa shape index (κ3) is 3.68. The highest BCUT2D eigenvalue weighted by Gasteiger charge is 2.54. The highest BCUT2D eigenvalue weighted by molar-refractivity contribution is 7.89. The number of aryl methyl sites for hydroxylation is 1. The molecule has 1 atom stereocenters. The Hall–Kier alpha value is -0.990. The van der Waals surface area contributed by atoms with Gasteiger partial charge in [0.1, 0.15) is 5.72 Å². The summed E-state index contributed by atoms with van der Waals surface area (Å²) in [5, 5.41) is 3.32. The molecule has 1 aromatic carbocycles. The molecular weight excluding hydrogens is 350 g/mol. The van der Waals surface area contributed by atoms with Crippen molar-refractivity contribution in [2.24, 2.45) is 0 Å². The molecular formula is C19H31N3O3S. The Morgan fingerprint density at radius 2 is 1.88 bits per heavy atom. The average molecular weight is 382 g/mol. The van der Waals surface area contributed by atoms with Gasteiger partial charge in [-0.1, -0.05) is 26.0 Å². The number of sulfonamides is 1. The Morgan fingerprint density at radius 1 is 1.23 bits per heavy atom. The maximum Gasteiger partial charge on any atom is 0.245 e. The summed E-state index contributed by atoms with van der Waals surface area (Å²) in [7, 11) is -1.60. The summed E-state index contributed by atoms with van der Waals surface area (Å²) in [6, 6.07) is 7.14. The van der Waals surface area contributed by atoms with E-state index in [1.165, 1.54) is 0 Å². The van der Waals surface area contributed by atoms with Crippen LogP contribution in [-0.2, 0) is 21.2 Å². The first-order chi connectivity index (χ1) is 12.4. The van der Waals surface area contributed by atoms with Crippen molar-refractivity contribution < 1.29 is 13.2 Å². The van der Waals surface area contributed by atoms with E-state index in [4.69, 9.17) is 4.74 Å². The SMILES string of the molecule is CCc1ccc(S(=O)(=O)N2C(CN(C)CC)COC23CCNCC3)cc1. The molecule has 0 amide bonds. The van der Waals surface area contributed by atoms with Gasteiger partial charge < -0.3 is 15.0 Å². The summed E-state index contributed by atoms with van der Waals surface area (Å²) in [5.41, 5.74) is 0.424. The molecule has 2 heterocycles. The van der Waals surface area contributed by atoms with Crippen molar-refractivity contribution in [2.75, 3.05) is 39.8 Å². The van der Waals surface area contributed by atoms with Gasteiger partial charge in [-0.05, 0) is 50.8 Å². The number of piperidine rings is 1. The zero-order chi connectivity index (χ0) is 18.8. The summed E-state index contributed by atoms with van der Waals surface area (Å²) >= 11 is 0. The zero-order valence-corrected chi connectivity index (χ0v) is 16.9. The lowest BCUT2D eigenvalue weighted by Crippen LogP contribution is -2.57. The number of nitrogens with zero attached hydrogens (tertiary/aromatic N) is 2. The average Bonchev–Trinajstić information content (AvgIpc) is 3.00. The fraction of sp³-hybridized carbons (Fsp3) is 0.684. The van der Waals surface area contributed by atoms with E-state index in [0.717, 1.165) is 31.6 Å². The molecule has 0 radical (unpaired) electrons. The molecule has 2 saturated heterocycles. The number of hydrogen-bond donors (Lipinski definition) is 1. The van der Waals surface area contributed by atoms with Crippen molar-refractivity contribution in [1.82, 2.24) is 14.5 Å². The van der Waals surface area contributed by atoms with Gasteiger partial charge in [-0.15, -0.1) is 0 Å². The van der Waals surface area contributed by atoms with Crippen LogP contribution in [0.2, 0.25) is 0 Å². The molecule has 6 nitrogen and oxygen atoms in total. The van der Waals surface area contributed by atoms with Crippen molar-refractivity contribution in [1.29, 1.82) is 0 Å². The molecule has 0 aromatic heterocycles. The fourth-order valence-corrected chi connectivity index (χ4v) is 5.84. The van der Waals surface area contributed by atoms with Crippen LogP contribution in [0.15, 0.2) is 29.2 Å². The Labute approximate surface area is 157 Å². The van der Waals surface area contributed by atoms with Crippen LogP contribution in [0.1, 0.15) is 32.3 Å². The van der Waals surface area contributed by atoms with Gasteiger partial charge in [0.15, 0.2) is 0 Å². The van der Waals surface area contributed by atoms with Gasteiger partial charge in [0.05, 0.1) is 17.5 Å². The van der Waals surface area contributed by atoms with Crippen LogP contribution >= 0.6 is 0 Å². The summed E-state index contributed by atoms with van der Waals surface area (Å²) in [4.78, 5) is 2.51. The van der Waals surface area contributed by atoms with E-state index in [1.807, 2.05) is 19.2 Å². The van der Waals surface area contributed by atoms with E-state index in [-0.39, 0.29) is 6.04 Å². The second kappa shape index (κ2) is 7.94. The Morgan fingerprint density at radius 3 is 2.46 bits per heavy atom. The molecule has 0 saturated carbocycles. The van der Waals surface area contributed by atoms with E-state index in [2.05, 4.69) is 24.1 Å². The van der Waals surface area contributed by atoms with Crippen molar-refractivity contribution in [3.05, 3.63) is 29.8 Å². The maximum atomic E-state index is 13.6. The minimum absolute atomic E-state index is 0.158. The second-order valence-electron chi connectivity index (χ2n) is 7.31. The predicted molar refractivity (Wildman–Crippen MR) is 103 cm³/mol. The molecule has 146 valence electrons. The lowest BCUT2D eigenvalue weighted by molar-refractivity contribution is -0.0717. The van der Waals surface area contributed by atoms with E-state index in [0.29, 0.717) is 30.9 Å². The molecule has 1 unspecified atom stereocenters. The number of benzene rings is 1. The molecule has 1 spiro atoms. The van der Waals surface area contributed by atoms with Crippen LogP contribution in [0.25, 0.3) is 0 Å². The minimum Gasteiger partial charge on any atom is -0.358 e. The fourth-order valence-electron chi connectivity index (χ4n) is 3.94. The molecule has 2 fully saturated rings. The lowest BCUT2D eigenvalue weighted by Gasteiger charge is -2.41. The molecule has 0 aliphatic carbocycles. The van der Waals surface area contributed by atoms with E-state index in [1.54, 1.807) is 16.4 Å². The molecule has 2 aliphatic heterocycles. The number of likely N-dealkylation sites (N-methyl/N-ethyl adjacent to an activating group) is 1. The van der Waals surface area contributed by atoms with Crippen molar-refractivity contribution in [3.63, 3.8) is 0 Å². The van der Waals surface area contributed by atoms with Crippen molar-refractivity contribution in [3.8, 4) is 0 Å². The van der Waals surface area contributed by atoms with E-state index in [9.17, 15) is 8.42 Å². The smallest absolute Gasteiger partial charge is 0.245 e. The standard InChI is InChI=1S/C19H31N3O3S/c1-4-16-6-8-18(9-7-16)26(23,24)22-17(14-21(3)5-2)15-25-19(22)10-12-20-13-11-19/h6-9,17,20H,4-5,10-15H2,1-3H3. The van der Waals surface area contributed by atoms with Crippen molar-refractivity contribution in [2.45, 2.75) is 49.8 Å². The first-order valence-corrected chi connectivity index (χ1v) is 11.0. The molecule has 1 N–H and O–H groups in total. The van der Waals surface area contributed by atoms with Gasteiger partial charge in [-0.2, -0.15) is 4.31 Å². The first-order valence-electron chi connectivity index (χ1n) is 9.59. The number of hydrogen-bond acceptors (Lipinski definition) is 5. The lowest BCUT2D eigenvalue weighted by atomic mass is 10.0. The third-order valence-corrected chi connectivity index (χ3v) is 7.63. The van der Waals surface area contributed by atoms with E-state index < -0.39 is 15.7 Å². The van der Waals surface area contributed by atoms with Crippen molar-refractivity contribution >= 4 is 10.0 Å². The molecule has 1 aromatic rings. The molecule has 3 rings (SSSR count). The van der Waals surface area contributed by atoms with Gasteiger partial charge in [0.25, 0.3) is 0 Å². The van der Waals surface area contributed by atoms with Gasteiger partial charge in [0.2, 0.25) is 10.0 Å². The normalized spacial score (nSPS) is 23.8. The molecule has 26 heavy (non-hydrogen) atoms. The monoisotopic (exact) mass is 381 g/mol. The zero-order valence-electron chi connectivity index (χ0n) is 16.1.